The van der Waals surface area contributed by atoms with Gasteiger partial charge >= 0.3 is 0 Å². The third-order valence-electron chi connectivity index (χ3n) is 2.70. The van der Waals surface area contributed by atoms with Gasteiger partial charge in [-0.25, -0.2) is 0 Å². The van der Waals surface area contributed by atoms with Gasteiger partial charge in [0, 0.05) is 17.7 Å². The number of hydrogen-bond acceptors (Lipinski definition) is 5. The fraction of sp³-hybridized carbons (Fsp3) is 0. The van der Waals surface area contributed by atoms with Crippen LogP contribution in [0.5, 0.6) is 11.5 Å². The van der Waals surface area contributed by atoms with Crippen molar-refractivity contribution >= 4 is 17.9 Å². The Morgan fingerprint density at radius 1 is 1.19 bits per heavy atom. The molecule has 7 nitrogen and oxygen atoms in total. The molecule has 0 aliphatic carbocycles. The molecule has 0 fully saturated rings. The number of rotatable bonds is 5. The highest BCUT2D eigenvalue weighted by atomic mass is 16.6. The third-order valence-corrected chi connectivity index (χ3v) is 2.70. The zero-order valence-corrected chi connectivity index (χ0v) is 10.7. The first-order valence-electron chi connectivity index (χ1n) is 5.82. The van der Waals surface area contributed by atoms with Crippen LogP contribution in [-0.4, -0.2) is 17.1 Å². The average Bonchev–Trinajstić information content (AvgIpc) is 2.48. The lowest BCUT2D eigenvalue weighted by molar-refractivity contribution is -0.384. The van der Waals surface area contributed by atoms with Gasteiger partial charge in [-0.1, -0.05) is 0 Å². The highest BCUT2D eigenvalue weighted by molar-refractivity contribution is 5.92. The van der Waals surface area contributed by atoms with Gasteiger partial charge in [-0.15, -0.1) is 0 Å². The van der Waals surface area contributed by atoms with E-state index in [9.17, 15) is 19.7 Å². The maximum atomic E-state index is 11.0. The molecular formula is C14H10N2O5. The highest BCUT2D eigenvalue weighted by Crippen LogP contribution is 2.27. The van der Waals surface area contributed by atoms with Gasteiger partial charge < -0.3 is 10.5 Å². The second kappa shape index (κ2) is 5.83. The highest BCUT2D eigenvalue weighted by Gasteiger charge is 2.12. The molecule has 0 aliphatic rings. The van der Waals surface area contributed by atoms with Crippen molar-refractivity contribution in [2.75, 3.05) is 0 Å². The fourth-order valence-corrected chi connectivity index (χ4v) is 1.65. The van der Waals surface area contributed by atoms with Crippen LogP contribution < -0.4 is 10.5 Å². The normalized spacial score (nSPS) is 9.90. The van der Waals surface area contributed by atoms with E-state index in [0.717, 1.165) is 6.07 Å². The molecule has 0 saturated carbocycles. The Balaban J connectivity index is 2.28. The lowest BCUT2D eigenvalue weighted by Gasteiger charge is -2.08. The maximum Gasteiger partial charge on any atom is 0.270 e. The summed E-state index contributed by atoms with van der Waals surface area (Å²) in [5.74, 6) is -0.00940. The minimum absolute atomic E-state index is 0.0585. The minimum Gasteiger partial charge on any atom is -0.457 e. The molecule has 0 heterocycles. The summed E-state index contributed by atoms with van der Waals surface area (Å²) in [5, 5.41) is 10.6. The number of amides is 1. The van der Waals surface area contributed by atoms with E-state index in [2.05, 4.69) is 0 Å². The summed E-state index contributed by atoms with van der Waals surface area (Å²) in [6.07, 6.45) is 0.472. The molecule has 0 aromatic heterocycles. The van der Waals surface area contributed by atoms with Crippen molar-refractivity contribution in [1.29, 1.82) is 0 Å². The number of nitrogens with zero attached hydrogens (tertiary/aromatic N) is 1. The molecule has 106 valence electrons. The number of benzene rings is 2. The summed E-state index contributed by atoms with van der Waals surface area (Å²) in [7, 11) is 0. The van der Waals surface area contributed by atoms with E-state index in [1.54, 1.807) is 0 Å². The quantitative estimate of drug-likeness (QED) is 0.514. The number of non-ortho nitro benzene ring substituents is 1. The second-order valence-electron chi connectivity index (χ2n) is 4.09. The zero-order chi connectivity index (χ0) is 15.4. The number of aldehydes is 1. The molecule has 7 heteroatoms. The molecule has 2 aromatic rings. The molecule has 0 radical (unpaired) electrons. The van der Waals surface area contributed by atoms with Crippen molar-refractivity contribution in [2.24, 2.45) is 5.73 Å². The van der Waals surface area contributed by atoms with Crippen LogP contribution in [0.15, 0.2) is 42.5 Å². The van der Waals surface area contributed by atoms with E-state index in [1.165, 1.54) is 36.4 Å². The molecule has 2 aromatic carbocycles. The van der Waals surface area contributed by atoms with Gasteiger partial charge in [0.1, 0.15) is 11.5 Å². The maximum absolute atomic E-state index is 11.0. The Kier molecular flexibility index (Phi) is 3.94. The van der Waals surface area contributed by atoms with Crippen molar-refractivity contribution in [3.8, 4) is 11.5 Å². The molecule has 0 saturated heterocycles. The smallest absolute Gasteiger partial charge is 0.270 e. The molecule has 0 spiro atoms. The number of primary amides is 1. The van der Waals surface area contributed by atoms with Gasteiger partial charge in [0.25, 0.3) is 5.69 Å². The van der Waals surface area contributed by atoms with Gasteiger partial charge in [0.05, 0.1) is 10.5 Å². The van der Waals surface area contributed by atoms with E-state index >= 15 is 0 Å². The fourth-order valence-electron chi connectivity index (χ4n) is 1.65. The zero-order valence-electron chi connectivity index (χ0n) is 10.7. The Bertz CT molecular complexity index is 710. The lowest BCUT2D eigenvalue weighted by atomic mass is 10.2. The van der Waals surface area contributed by atoms with Crippen LogP contribution in [0.2, 0.25) is 0 Å². The van der Waals surface area contributed by atoms with Crippen molar-refractivity contribution in [3.63, 3.8) is 0 Å². The van der Waals surface area contributed by atoms with Crippen molar-refractivity contribution < 1.29 is 19.2 Å². The van der Waals surface area contributed by atoms with Crippen molar-refractivity contribution in [3.05, 3.63) is 63.7 Å². The molecule has 21 heavy (non-hydrogen) atoms. The summed E-state index contributed by atoms with van der Waals surface area (Å²) in [6, 6.07) is 9.67. The first-order valence-corrected chi connectivity index (χ1v) is 5.82. The summed E-state index contributed by atoms with van der Waals surface area (Å²) in [5.41, 5.74) is 5.30. The van der Waals surface area contributed by atoms with Gasteiger partial charge in [-0.2, -0.15) is 0 Å². The van der Waals surface area contributed by atoms with Gasteiger partial charge in [-0.05, 0) is 30.3 Å². The van der Waals surface area contributed by atoms with E-state index in [4.69, 9.17) is 10.5 Å². The van der Waals surface area contributed by atoms with E-state index in [-0.39, 0.29) is 17.0 Å². The van der Waals surface area contributed by atoms with Crippen LogP contribution in [-0.2, 0) is 0 Å². The SMILES string of the molecule is NC(=O)c1ccc(Oc2ccc([N+](=O)[O-])cc2C=O)cc1. The Morgan fingerprint density at radius 3 is 2.38 bits per heavy atom. The van der Waals surface area contributed by atoms with E-state index < -0.39 is 10.8 Å². The summed E-state index contributed by atoms with van der Waals surface area (Å²) in [4.78, 5) is 32.0. The molecule has 0 aliphatic heterocycles. The van der Waals surface area contributed by atoms with Crippen molar-refractivity contribution in [2.45, 2.75) is 0 Å². The number of hydrogen-bond donors (Lipinski definition) is 1. The predicted molar refractivity (Wildman–Crippen MR) is 73.5 cm³/mol. The molecule has 0 atom stereocenters. The molecule has 0 unspecified atom stereocenters. The van der Waals surface area contributed by atoms with Crippen LogP contribution in [0.3, 0.4) is 0 Å². The van der Waals surface area contributed by atoms with Crippen LogP contribution in [0.25, 0.3) is 0 Å². The first-order chi connectivity index (χ1) is 10.0. The Labute approximate surface area is 119 Å². The number of ether oxygens (including phenoxy) is 1. The summed E-state index contributed by atoms with van der Waals surface area (Å²) >= 11 is 0. The van der Waals surface area contributed by atoms with E-state index in [0.29, 0.717) is 17.6 Å². The number of nitro benzene ring substituents is 1. The second-order valence-corrected chi connectivity index (χ2v) is 4.09. The van der Waals surface area contributed by atoms with Gasteiger partial charge in [0.15, 0.2) is 6.29 Å². The molecule has 2 N–H and O–H groups in total. The number of nitro groups is 1. The molecule has 2 rings (SSSR count). The summed E-state index contributed by atoms with van der Waals surface area (Å²) < 4.78 is 5.46. The number of carbonyl (C=O) groups is 2. The average molecular weight is 286 g/mol. The predicted octanol–water partition coefficient (Wildman–Crippen LogP) is 2.30. The van der Waals surface area contributed by atoms with Crippen LogP contribution in [0.1, 0.15) is 20.7 Å². The monoisotopic (exact) mass is 286 g/mol. The molecular weight excluding hydrogens is 276 g/mol. The standard InChI is InChI=1S/C14H10N2O5/c15-14(18)9-1-4-12(5-2-9)21-13-6-3-11(16(19)20)7-10(13)8-17/h1-8H,(H2,15,18). The molecule has 1 amide bonds. The van der Waals surface area contributed by atoms with Gasteiger partial charge in [0.2, 0.25) is 5.91 Å². The van der Waals surface area contributed by atoms with Crippen LogP contribution in [0.4, 0.5) is 5.69 Å². The third kappa shape index (κ3) is 3.21. The lowest BCUT2D eigenvalue weighted by Crippen LogP contribution is -2.10. The number of carbonyl (C=O) groups excluding carboxylic acids is 2. The van der Waals surface area contributed by atoms with Crippen LogP contribution in [0, 0.1) is 10.1 Å². The number of nitrogens with two attached hydrogens (primary N) is 1. The van der Waals surface area contributed by atoms with Crippen LogP contribution >= 0.6 is 0 Å². The Morgan fingerprint density at radius 2 is 1.86 bits per heavy atom. The van der Waals surface area contributed by atoms with Crippen molar-refractivity contribution in [1.82, 2.24) is 0 Å². The minimum atomic E-state index is -0.599. The first kappa shape index (κ1) is 14.2. The molecule has 0 bridgehead atoms. The topological polar surface area (TPSA) is 113 Å². The largest absolute Gasteiger partial charge is 0.457 e. The summed E-state index contributed by atoms with van der Waals surface area (Å²) in [6.45, 7) is 0. The van der Waals surface area contributed by atoms with E-state index in [1.807, 2.05) is 0 Å². The van der Waals surface area contributed by atoms with Gasteiger partial charge in [-0.3, -0.25) is 19.7 Å². The Hall–Kier alpha value is -3.22.